The number of hydrogen-bond donors (Lipinski definition) is 3. The van der Waals surface area contributed by atoms with E-state index in [4.69, 9.17) is 11.6 Å². The molecule has 0 amide bonds. The Balaban J connectivity index is 2.10. The van der Waals surface area contributed by atoms with Gasteiger partial charge in [-0.05, 0) is 24.5 Å². The zero-order chi connectivity index (χ0) is 14.7. The molecule has 5 N–H and O–H groups in total. The molecule has 21 heavy (non-hydrogen) atoms. The van der Waals surface area contributed by atoms with Crippen molar-refractivity contribution in [3.8, 4) is 0 Å². The van der Waals surface area contributed by atoms with Crippen molar-refractivity contribution in [2.75, 3.05) is 5.73 Å². The van der Waals surface area contributed by atoms with Gasteiger partial charge in [0.15, 0.2) is 0 Å². The summed E-state index contributed by atoms with van der Waals surface area (Å²) in [7, 11) is 0. The molecule has 1 aliphatic rings. The molecule has 1 aromatic heterocycles. The van der Waals surface area contributed by atoms with E-state index < -0.39 is 0 Å². The number of nitrogens with one attached hydrogen (secondary N) is 1. The first kappa shape index (κ1) is 14.0. The fourth-order valence-electron chi connectivity index (χ4n) is 3.74. The predicted octanol–water partition coefficient (Wildman–Crippen LogP) is 2.68. The number of nitrogen functional groups attached to an aromatic ring is 1. The standard InChI is InChI=1S/C17H22N4/c18-16-14(9-6-12-20-16)15(21-19)17(10-4-5-11-17)13-7-2-1-3-8-13/h1-3,6-9,12,15,21H,4-5,10-11,19H2,(H2,18,20). The van der Waals surface area contributed by atoms with Crippen LogP contribution in [0.15, 0.2) is 48.7 Å². The van der Waals surface area contributed by atoms with E-state index in [1.807, 2.05) is 12.1 Å². The van der Waals surface area contributed by atoms with Gasteiger partial charge in [0.05, 0.1) is 6.04 Å². The summed E-state index contributed by atoms with van der Waals surface area (Å²) in [5, 5.41) is 0. The van der Waals surface area contributed by atoms with Crippen molar-refractivity contribution >= 4 is 5.82 Å². The van der Waals surface area contributed by atoms with Crippen molar-refractivity contribution < 1.29 is 0 Å². The number of benzene rings is 1. The summed E-state index contributed by atoms with van der Waals surface area (Å²) in [6.45, 7) is 0. The number of nitrogens with zero attached hydrogens (tertiary/aromatic N) is 1. The maximum absolute atomic E-state index is 6.09. The zero-order valence-electron chi connectivity index (χ0n) is 12.1. The molecule has 3 rings (SSSR count). The van der Waals surface area contributed by atoms with Crippen LogP contribution in [0.2, 0.25) is 0 Å². The molecule has 0 aliphatic heterocycles. The normalized spacial score (nSPS) is 18.5. The van der Waals surface area contributed by atoms with Crippen molar-refractivity contribution in [3.63, 3.8) is 0 Å². The molecule has 1 saturated carbocycles. The second-order valence-corrected chi connectivity index (χ2v) is 5.81. The van der Waals surface area contributed by atoms with Gasteiger partial charge in [-0.2, -0.15) is 0 Å². The van der Waals surface area contributed by atoms with Gasteiger partial charge in [0.1, 0.15) is 5.82 Å². The molecule has 4 heteroatoms. The third-order valence-electron chi connectivity index (χ3n) is 4.75. The molecule has 0 radical (unpaired) electrons. The van der Waals surface area contributed by atoms with Crippen molar-refractivity contribution in [1.82, 2.24) is 10.4 Å². The van der Waals surface area contributed by atoms with E-state index in [0.29, 0.717) is 5.82 Å². The molecule has 0 spiro atoms. The summed E-state index contributed by atoms with van der Waals surface area (Å²) in [5.74, 6) is 6.50. The lowest BCUT2D eigenvalue weighted by Crippen LogP contribution is -2.43. The highest BCUT2D eigenvalue weighted by Crippen LogP contribution is 2.49. The molecule has 1 fully saturated rings. The Morgan fingerprint density at radius 2 is 1.76 bits per heavy atom. The summed E-state index contributed by atoms with van der Waals surface area (Å²) in [4.78, 5) is 4.23. The van der Waals surface area contributed by atoms with E-state index in [1.54, 1.807) is 6.20 Å². The van der Waals surface area contributed by atoms with Gasteiger partial charge in [0, 0.05) is 17.2 Å². The van der Waals surface area contributed by atoms with Crippen LogP contribution in [0.3, 0.4) is 0 Å². The summed E-state index contributed by atoms with van der Waals surface area (Å²) in [5.41, 5.74) is 11.4. The average Bonchev–Trinajstić information content (AvgIpc) is 3.01. The summed E-state index contributed by atoms with van der Waals surface area (Å²) >= 11 is 0. The molecule has 1 aromatic carbocycles. The highest BCUT2D eigenvalue weighted by Gasteiger charge is 2.43. The smallest absolute Gasteiger partial charge is 0.128 e. The Hall–Kier alpha value is -1.91. The highest BCUT2D eigenvalue weighted by molar-refractivity contribution is 5.45. The predicted molar refractivity (Wildman–Crippen MR) is 85.3 cm³/mol. The molecule has 1 aliphatic carbocycles. The van der Waals surface area contributed by atoms with Crippen LogP contribution in [0, 0.1) is 0 Å². The monoisotopic (exact) mass is 282 g/mol. The minimum Gasteiger partial charge on any atom is -0.383 e. The number of aromatic nitrogens is 1. The van der Waals surface area contributed by atoms with Gasteiger partial charge in [-0.15, -0.1) is 0 Å². The van der Waals surface area contributed by atoms with E-state index in [2.05, 4.69) is 40.7 Å². The maximum atomic E-state index is 6.09. The first-order valence-electron chi connectivity index (χ1n) is 7.50. The molecular weight excluding hydrogens is 260 g/mol. The zero-order valence-corrected chi connectivity index (χ0v) is 12.1. The second-order valence-electron chi connectivity index (χ2n) is 5.81. The quantitative estimate of drug-likeness (QED) is 0.595. The van der Waals surface area contributed by atoms with Crippen LogP contribution >= 0.6 is 0 Å². The molecule has 4 nitrogen and oxygen atoms in total. The Morgan fingerprint density at radius 3 is 2.38 bits per heavy atom. The van der Waals surface area contributed by atoms with Crippen LogP contribution in [0.25, 0.3) is 0 Å². The van der Waals surface area contributed by atoms with Crippen molar-refractivity contribution in [1.29, 1.82) is 0 Å². The molecule has 0 bridgehead atoms. The summed E-state index contributed by atoms with van der Waals surface area (Å²) in [6, 6.07) is 14.6. The lowest BCUT2D eigenvalue weighted by atomic mass is 9.70. The Morgan fingerprint density at radius 1 is 1.05 bits per heavy atom. The van der Waals surface area contributed by atoms with Gasteiger partial charge in [0.25, 0.3) is 0 Å². The number of nitrogens with two attached hydrogens (primary N) is 2. The number of pyridine rings is 1. The Bertz CT molecular complexity index is 591. The van der Waals surface area contributed by atoms with Crippen LogP contribution in [0.4, 0.5) is 5.82 Å². The van der Waals surface area contributed by atoms with Gasteiger partial charge in [-0.3, -0.25) is 11.3 Å². The minimum absolute atomic E-state index is 0.00678. The highest BCUT2D eigenvalue weighted by atomic mass is 15.2. The molecule has 110 valence electrons. The lowest BCUT2D eigenvalue weighted by molar-refractivity contribution is 0.304. The third kappa shape index (κ3) is 2.41. The van der Waals surface area contributed by atoms with Gasteiger partial charge < -0.3 is 5.73 Å². The topological polar surface area (TPSA) is 77.0 Å². The minimum atomic E-state index is -0.0175. The Labute approximate surface area is 125 Å². The SMILES string of the molecule is NNC(c1cccnc1N)C1(c2ccccc2)CCCC1. The number of hydrogen-bond acceptors (Lipinski definition) is 4. The van der Waals surface area contributed by atoms with Crippen molar-refractivity contribution in [2.45, 2.75) is 37.1 Å². The largest absolute Gasteiger partial charge is 0.383 e. The van der Waals surface area contributed by atoms with E-state index in [1.165, 1.54) is 18.4 Å². The molecular formula is C17H22N4. The van der Waals surface area contributed by atoms with E-state index >= 15 is 0 Å². The van der Waals surface area contributed by atoms with Gasteiger partial charge >= 0.3 is 0 Å². The fraction of sp³-hybridized carbons (Fsp3) is 0.353. The van der Waals surface area contributed by atoms with Gasteiger partial charge in [-0.25, -0.2) is 4.98 Å². The maximum Gasteiger partial charge on any atom is 0.128 e. The molecule has 1 heterocycles. The molecule has 1 atom stereocenters. The van der Waals surface area contributed by atoms with E-state index in [9.17, 15) is 0 Å². The first-order chi connectivity index (χ1) is 10.3. The van der Waals surface area contributed by atoms with Gasteiger partial charge in [-0.1, -0.05) is 49.2 Å². The lowest BCUT2D eigenvalue weighted by Gasteiger charge is -2.38. The van der Waals surface area contributed by atoms with E-state index in [-0.39, 0.29) is 11.5 Å². The summed E-state index contributed by atoms with van der Waals surface area (Å²) < 4.78 is 0. The average molecular weight is 282 g/mol. The van der Waals surface area contributed by atoms with Crippen LogP contribution in [-0.2, 0) is 5.41 Å². The fourth-order valence-corrected chi connectivity index (χ4v) is 3.74. The van der Waals surface area contributed by atoms with Gasteiger partial charge in [0.2, 0.25) is 0 Å². The third-order valence-corrected chi connectivity index (χ3v) is 4.75. The van der Waals surface area contributed by atoms with Crippen LogP contribution < -0.4 is 17.0 Å². The van der Waals surface area contributed by atoms with Crippen LogP contribution in [0.5, 0.6) is 0 Å². The number of anilines is 1. The molecule has 0 saturated heterocycles. The molecule has 1 unspecified atom stereocenters. The van der Waals surface area contributed by atoms with Crippen molar-refractivity contribution in [2.24, 2.45) is 5.84 Å². The van der Waals surface area contributed by atoms with Crippen molar-refractivity contribution in [3.05, 3.63) is 59.8 Å². The summed E-state index contributed by atoms with van der Waals surface area (Å²) in [6.07, 6.45) is 6.37. The number of hydrazine groups is 1. The van der Waals surface area contributed by atoms with Crippen LogP contribution in [-0.4, -0.2) is 4.98 Å². The Kier molecular flexibility index (Phi) is 3.90. The van der Waals surface area contributed by atoms with E-state index in [0.717, 1.165) is 18.4 Å². The molecule has 2 aromatic rings. The van der Waals surface area contributed by atoms with Crippen LogP contribution in [0.1, 0.15) is 42.9 Å². The number of rotatable bonds is 4. The second kappa shape index (κ2) is 5.84. The first-order valence-corrected chi connectivity index (χ1v) is 7.50.